The van der Waals surface area contributed by atoms with Crippen LogP contribution in [0, 0.1) is 0 Å². The van der Waals surface area contributed by atoms with E-state index in [0.717, 1.165) is 29.0 Å². The smallest absolute Gasteiger partial charge is 0.290 e. The van der Waals surface area contributed by atoms with Crippen LogP contribution in [0.3, 0.4) is 0 Å². The standard InChI is InChI=1S/C18H13N3O5S2/c1-28(24,25)21-12-4-2-10(3-5-12)14-9-19-8-11-6-13(26-16(11)14)7-15-17(22)20-18(23)27-15/h2-9,21H,1H3,(H,20,22,23)/b15-7+. The van der Waals surface area contributed by atoms with Gasteiger partial charge in [0.1, 0.15) is 11.3 Å². The second-order valence-electron chi connectivity index (χ2n) is 6.06. The topological polar surface area (TPSA) is 118 Å². The number of carbonyl (C=O) groups excluding carboxylic acids is 2. The van der Waals surface area contributed by atoms with Crippen molar-refractivity contribution in [3.8, 4) is 11.1 Å². The molecule has 1 aromatic carbocycles. The van der Waals surface area contributed by atoms with Crippen LogP contribution in [0.5, 0.6) is 0 Å². The summed E-state index contributed by atoms with van der Waals surface area (Å²) in [5.74, 6) is -0.0327. The van der Waals surface area contributed by atoms with Gasteiger partial charge in [0.25, 0.3) is 11.1 Å². The van der Waals surface area contributed by atoms with E-state index in [-0.39, 0.29) is 4.91 Å². The van der Waals surface area contributed by atoms with Crippen molar-refractivity contribution in [2.24, 2.45) is 0 Å². The first-order chi connectivity index (χ1) is 13.3. The first-order valence-corrected chi connectivity index (χ1v) is 10.7. The monoisotopic (exact) mass is 415 g/mol. The summed E-state index contributed by atoms with van der Waals surface area (Å²) in [5.41, 5.74) is 2.52. The van der Waals surface area contributed by atoms with E-state index >= 15 is 0 Å². The SMILES string of the molecule is CS(=O)(=O)Nc1ccc(-c2cncc3cc(/C=C4/SC(=O)NC4=O)oc23)cc1. The van der Waals surface area contributed by atoms with Crippen molar-refractivity contribution in [3.63, 3.8) is 0 Å². The number of nitrogens with zero attached hydrogens (tertiary/aromatic N) is 1. The number of nitrogens with one attached hydrogen (secondary N) is 2. The number of imide groups is 1. The molecule has 8 nitrogen and oxygen atoms in total. The van der Waals surface area contributed by atoms with Crippen LogP contribution in [-0.4, -0.2) is 30.8 Å². The number of amides is 2. The average molecular weight is 415 g/mol. The largest absolute Gasteiger partial charge is 0.456 e. The number of hydrogen-bond donors (Lipinski definition) is 2. The molecule has 28 heavy (non-hydrogen) atoms. The van der Waals surface area contributed by atoms with Crippen LogP contribution in [-0.2, 0) is 14.8 Å². The highest BCUT2D eigenvalue weighted by Crippen LogP contribution is 2.33. The molecule has 142 valence electrons. The minimum atomic E-state index is -3.35. The van der Waals surface area contributed by atoms with Gasteiger partial charge in [-0.1, -0.05) is 12.1 Å². The molecule has 0 spiro atoms. The Balaban J connectivity index is 1.71. The Labute approximate surface area is 164 Å². The van der Waals surface area contributed by atoms with E-state index in [1.165, 1.54) is 6.08 Å². The molecule has 0 unspecified atom stereocenters. The van der Waals surface area contributed by atoms with Crippen LogP contribution in [0.1, 0.15) is 5.76 Å². The number of pyridine rings is 1. The van der Waals surface area contributed by atoms with Crippen LogP contribution in [0.4, 0.5) is 10.5 Å². The first-order valence-electron chi connectivity index (χ1n) is 7.99. The van der Waals surface area contributed by atoms with Crippen LogP contribution >= 0.6 is 11.8 Å². The Morgan fingerprint density at radius 2 is 1.93 bits per heavy atom. The Hall–Kier alpha value is -3.11. The van der Waals surface area contributed by atoms with Gasteiger partial charge in [-0.25, -0.2) is 8.42 Å². The molecule has 0 radical (unpaired) electrons. The van der Waals surface area contributed by atoms with E-state index < -0.39 is 21.2 Å². The van der Waals surface area contributed by atoms with Crippen molar-refractivity contribution in [3.05, 3.63) is 53.4 Å². The van der Waals surface area contributed by atoms with Crippen LogP contribution in [0.15, 0.2) is 52.0 Å². The molecule has 3 heterocycles. The third kappa shape index (κ3) is 3.78. The molecule has 10 heteroatoms. The molecule has 1 fully saturated rings. The molecule has 0 bridgehead atoms. The van der Waals surface area contributed by atoms with E-state index in [9.17, 15) is 18.0 Å². The van der Waals surface area contributed by atoms with Crippen LogP contribution in [0.25, 0.3) is 28.2 Å². The fourth-order valence-corrected chi connectivity index (χ4v) is 3.97. The summed E-state index contributed by atoms with van der Waals surface area (Å²) in [4.78, 5) is 27.5. The fourth-order valence-electron chi connectivity index (χ4n) is 2.74. The highest BCUT2D eigenvalue weighted by atomic mass is 32.2. The second kappa shape index (κ2) is 6.80. The van der Waals surface area contributed by atoms with E-state index in [1.807, 2.05) is 0 Å². The van der Waals surface area contributed by atoms with E-state index in [2.05, 4.69) is 15.0 Å². The molecule has 3 aromatic rings. The lowest BCUT2D eigenvalue weighted by Crippen LogP contribution is -2.17. The molecular formula is C18H13N3O5S2. The molecule has 2 aromatic heterocycles. The molecule has 0 aliphatic carbocycles. The van der Waals surface area contributed by atoms with Gasteiger partial charge >= 0.3 is 0 Å². The normalized spacial score (nSPS) is 16.0. The minimum absolute atomic E-state index is 0.259. The lowest BCUT2D eigenvalue weighted by molar-refractivity contribution is -0.115. The zero-order chi connectivity index (χ0) is 19.9. The number of furan rings is 1. The molecular weight excluding hydrogens is 402 g/mol. The summed E-state index contributed by atoms with van der Waals surface area (Å²) in [6.45, 7) is 0. The summed E-state index contributed by atoms with van der Waals surface area (Å²) in [5, 5.41) is 2.51. The van der Waals surface area contributed by atoms with Gasteiger partial charge in [-0.3, -0.25) is 24.6 Å². The first kappa shape index (κ1) is 18.3. The third-order valence-corrected chi connectivity index (χ3v) is 5.27. The van der Waals surface area contributed by atoms with Crippen molar-refractivity contribution in [2.45, 2.75) is 0 Å². The van der Waals surface area contributed by atoms with Gasteiger partial charge in [-0.05, 0) is 35.5 Å². The van der Waals surface area contributed by atoms with Gasteiger partial charge in [-0.15, -0.1) is 0 Å². The Kier molecular flexibility index (Phi) is 4.44. The third-order valence-electron chi connectivity index (χ3n) is 3.86. The maximum absolute atomic E-state index is 11.7. The van der Waals surface area contributed by atoms with Gasteiger partial charge in [-0.2, -0.15) is 0 Å². The molecule has 1 aliphatic rings. The fraction of sp³-hybridized carbons (Fsp3) is 0.0556. The minimum Gasteiger partial charge on any atom is -0.456 e. The lowest BCUT2D eigenvalue weighted by atomic mass is 10.1. The summed E-state index contributed by atoms with van der Waals surface area (Å²) in [7, 11) is -3.35. The number of anilines is 1. The molecule has 4 rings (SSSR count). The number of aromatic nitrogens is 1. The second-order valence-corrected chi connectivity index (χ2v) is 8.82. The predicted octanol–water partition coefficient (Wildman–Crippen LogP) is 3.19. The summed E-state index contributed by atoms with van der Waals surface area (Å²) in [6, 6.07) is 8.53. The maximum Gasteiger partial charge on any atom is 0.290 e. The number of hydrogen-bond acceptors (Lipinski definition) is 7. The van der Waals surface area contributed by atoms with Crippen molar-refractivity contribution in [2.75, 3.05) is 11.0 Å². The maximum atomic E-state index is 11.7. The number of thioether (sulfide) groups is 1. The average Bonchev–Trinajstić information content (AvgIpc) is 3.16. The van der Waals surface area contributed by atoms with Gasteiger partial charge in [0.15, 0.2) is 0 Å². The number of rotatable bonds is 4. The molecule has 2 amide bonds. The number of carbonyl (C=O) groups is 2. The number of benzene rings is 1. The zero-order valence-corrected chi connectivity index (χ0v) is 16.1. The highest BCUT2D eigenvalue weighted by Gasteiger charge is 2.25. The quantitative estimate of drug-likeness (QED) is 0.628. The molecule has 1 saturated heterocycles. The Morgan fingerprint density at radius 1 is 1.18 bits per heavy atom. The van der Waals surface area contributed by atoms with Crippen molar-refractivity contribution < 1.29 is 22.4 Å². The van der Waals surface area contributed by atoms with Crippen molar-refractivity contribution in [1.29, 1.82) is 0 Å². The molecule has 0 saturated carbocycles. The van der Waals surface area contributed by atoms with Gasteiger partial charge < -0.3 is 4.42 Å². The van der Waals surface area contributed by atoms with Gasteiger partial charge in [0, 0.05) is 35.1 Å². The van der Waals surface area contributed by atoms with Gasteiger partial charge in [0.05, 0.1) is 11.2 Å². The van der Waals surface area contributed by atoms with Gasteiger partial charge in [0.2, 0.25) is 10.0 Å². The Bertz CT molecular complexity index is 1240. The Morgan fingerprint density at radius 3 is 2.57 bits per heavy atom. The van der Waals surface area contributed by atoms with Crippen LogP contribution in [0.2, 0.25) is 0 Å². The summed E-state index contributed by atoms with van der Waals surface area (Å²) < 4.78 is 30.9. The predicted molar refractivity (Wildman–Crippen MR) is 107 cm³/mol. The van der Waals surface area contributed by atoms with E-state index in [0.29, 0.717) is 22.6 Å². The summed E-state index contributed by atoms with van der Waals surface area (Å²) >= 11 is 0.815. The van der Waals surface area contributed by atoms with E-state index in [4.69, 9.17) is 4.42 Å². The van der Waals surface area contributed by atoms with E-state index in [1.54, 1.807) is 42.7 Å². The molecule has 0 atom stereocenters. The number of fused-ring (bicyclic) bond motifs is 1. The molecule has 1 aliphatic heterocycles. The lowest BCUT2D eigenvalue weighted by Gasteiger charge is -2.06. The van der Waals surface area contributed by atoms with Crippen molar-refractivity contribution >= 4 is 55.7 Å². The van der Waals surface area contributed by atoms with Crippen LogP contribution < -0.4 is 10.0 Å². The van der Waals surface area contributed by atoms with Crippen molar-refractivity contribution in [1.82, 2.24) is 10.3 Å². The highest BCUT2D eigenvalue weighted by molar-refractivity contribution is 8.18. The zero-order valence-electron chi connectivity index (χ0n) is 14.4. The molecule has 2 N–H and O–H groups in total. The number of sulfonamides is 1. The summed E-state index contributed by atoms with van der Waals surface area (Å²) in [6.07, 6.45) is 5.87.